The number of nitrogens with one attached hydrogen (secondary N) is 1. The third-order valence-corrected chi connectivity index (χ3v) is 6.09. The maximum absolute atomic E-state index is 11.4. The minimum atomic E-state index is -0.178. The first-order chi connectivity index (χ1) is 14.3. The number of aromatic nitrogens is 3. The van der Waals surface area contributed by atoms with Crippen LogP contribution < -0.4 is 10.2 Å². The van der Waals surface area contributed by atoms with Gasteiger partial charge in [-0.05, 0) is 24.3 Å². The molecule has 160 valence electrons. The van der Waals surface area contributed by atoms with Crippen molar-refractivity contribution in [1.29, 1.82) is 0 Å². The standard InChI is InChI=1S/C21H28N6O2S/c1-21(2,3)17-13-27-20(23-17)30-19(24-27)22-15-5-7-16(8-6-15)26-11-9-25(10-12-26)14-18(28)29-4/h5-8,13H,9-12,14H2,1-4H3,(H,22,24). The minimum Gasteiger partial charge on any atom is -0.468 e. The quantitative estimate of drug-likeness (QED) is 0.626. The molecule has 0 spiro atoms. The number of benzene rings is 1. The molecule has 1 fully saturated rings. The van der Waals surface area contributed by atoms with Gasteiger partial charge in [0.25, 0.3) is 0 Å². The number of nitrogens with zero attached hydrogens (tertiary/aromatic N) is 5. The number of methoxy groups -OCH3 is 1. The molecule has 1 aliphatic rings. The van der Waals surface area contributed by atoms with Crippen molar-refractivity contribution >= 4 is 38.8 Å². The van der Waals surface area contributed by atoms with Gasteiger partial charge in [-0.1, -0.05) is 32.1 Å². The molecule has 2 aromatic heterocycles. The lowest BCUT2D eigenvalue weighted by molar-refractivity contribution is -0.142. The number of esters is 1. The summed E-state index contributed by atoms with van der Waals surface area (Å²) in [5, 5.41) is 8.79. The summed E-state index contributed by atoms with van der Waals surface area (Å²) in [6.07, 6.45) is 2.00. The molecule has 0 amide bonds. The van der Waals surface area contributed by atoms with Crippen LogP contribution in [0.25, 0.3) is 4.96 Å². The van der Waals surface area contributed by atoms with Crippen LogP contribution in [0.4, 0.5) is 16.5 Å². The Morgan fingerprint density at radius 3 is 2.47 bits per heavy atom. The van der Waals surface area contributed by atoms with Crippen LogP contribution in [0.1, 0.15) is 26.5 Å². The second-order valence-electron chi connectivity index (χ2n) is 8.52. The molecular weight excluding hydrogens is 400 g/mol. The van der Waals surface area contributed by atoms with Crippen molar-refractivity contribution < 1.29 is 9.53 Å². The third kappa shape index (κ3) is 4.57. The summed E-state index contributed by atoms with van der Waals surface area (Å²) in [5.74, 6) is -0.178. The zero-order chi connectivity index (χ0) is 21.3. The third-order valence-electron chi connectivity index (χ3n) is 5.25. The smallest absolute Gasteiger partial charge is 0.319 e. The first kappa shape index (κ1) is 20.6. The van der Waals surface area contributed by atoms with Gasteiger partial charge in [0.15, 0.2) is 0 Å². The molecule has 8 nitrogen and oxygen atoms in total. The number of carbonyl (C=O) groups is 1. The summed E-state index contributed by atoms with van der Waals surface area (Å²) < 4.78 is 6.59. The number of ether oxygens (including phenoxy) is 1. The average molecular weight is 429 g/mol. The number of carbonyl (C=O) groups excluding carboxylic acids is 1. The largest absolute Gasteiger partial charge is 0.468 e. The fourth-order valence-electron chi connectivity index (χ4n) is 3.40. The van der Waals surface area contributed by atoms with Crippen molar-refractivity contribution in [3.63, 3.8) is 0 Å². The number of anilines is 3. The summed E-state index contributed by atoms with van der Waals surface area (Å²) >= 11 is 1.54. The minimum absolute atomic E-state index is 0.0155. The van der Waals surface area contributed by atoms with Gasteiger partial charge >= 0.3 is 5.97 Å². The van der Waals surface area contributed by atoms with E-state index < -0.39 is 0 Å². The van der Waals surface area contributed by atoms with Gasteiger partial charge in [-0.3, -0.25) is 9.69 Å². The highest BCUT2D eigenvalue weighted by Crippen LogP contribution is 2.28. The first-order valence-electron chi connectivity index (χ1n) is 10.1. The molecule has 4 rings (SSSR count). The highest BCUT2D eigenvalue weighted by molar-refractivity contribution is 7.20. The lowest BCUT2D eigenvalue weighted by Crippen LogP contribution is -2.48. The van der Waals surface area contributed by atoms with Crippen molar-refractivity contribution in [3.05, 3.63) is 36.2 Å². The van der Waals surface area contributed by atoms with E-state index in [1.807, 2.05) is 10.7 Å². The van der Waals surface area contributed by atoms with Crippen LogP contribution in [0.15, 0.2) is 30.5 Å². The molecule has 0 radical (unpaired) electrons. The molecule has 0 bridgehead atoms. The molecule has 9 heteroatoms. The molecule has 30 heavy (non-hydrogen) atoms. The van der Waals surface area contributed by atoms with Crippen LogP contribution in [-0.4, -0.2) is 65.3 Å². The topological polar surface area (TPSA) is 75.0 Å². The number of imidazole rings is 1. The molecule has 1 aliphatic heterocycles. The molecule has 0 saturated carbocycles. The Kier molecular flexibility index (Phi) is 5.66. The fraction of sp³-hybridized carbons (Fsp3) is 0.476. The maximum Gasteiger partial charge on any atom is 0.319 e. The first-order valence-corrected chi connectivity index (χ1v) is 10.9. The number of piperazine rings is 1. The Bertz CT molecular complexity index is 981. The normalized spacial score (nSPS) is 15.5. The number of rotatable bonds is 5. The molecule has 1 N–H and O–H groups in total. The van der Waals surface area contributed by atoms with E-state index in [0.29, 0.717) is 6.54 Å². The van der Waals surface area contributed by atoms with Crippen molar-refractivity contribution in [3.8, 4) is 0 Å². The SMILES string of the molecule is COC(=O)CN1CCN(c2ccc(Nc3nn4cc(C(C)(C)C)nc4s3)cc2)CC1. The molecule has 3 heterocycles. The van der Waals surface area contributed by atoms with E-state index in [1.54, 1.807) is 11.3 Å². The molecule has 0 atom stereocenters. The van der Waals surface area contributed by atoms with Crippen LogP contribution in [0, 0.1) is 0 Å². The summed E-state index contributed by atoms with van der Waals surface area (Å²) in [5.41, 5.74) is 3.24. The molecule has 1 saturated heterocycles. The van der Waals surface area contributed by atoms with E-state index in [1.165, 1.54) is 12.8 Å². The van der Waals surface area contributed by atoms with Crippen LogP contribution in [0.5, 0.6) is 0 Å². The maximum atomic E-state index is 11.4. The molecular formula is C21H28N6O2S. The Morgan fingerprint density at radius 1 is 1.17 bits per heavy atom. The Morgan fingerprint density at radius 2 is 1.87 bits per heavy atom. The molecule has 3 aromatic rings. The van der Waals surface area contributed by atoms with E-state index in [-0.39, 0.29) is 11.4 Å². The Hall–Kier alpha value is -2.65. The highest BCUT2D eigenvalue weighted by atomic mass is 32.1. The molecule has 1 aromatic carbocycles. The number of hydrogen-bond donors (Lipinski definition) is 1. The zero-order valence-electron chi connectivity index (χ0n) is 17.9. The number of hydrogen-bond acceptors (Lipinski definition) is 8. The Balaban J connectivity index is 1.35. The van der Waals surface area contributed by atoms with Gasteiger partial charge in [-0.15, -0.1) is 5.10 Å². The summed E-state index contributed by atoms with van der Waals surface area (Å²) in [4.78, 5) is 21.5. The Labute approximate surface area is 180 Å². The van der Waals surface area contributed by atoms with Gasteiger partial charge in [0.1, 0.15) is 0 Å². The van der Waals surface area contributed by atoms with Gasteiger partial charge in [0.2, 0.25) is 10.1 Å². The lowest BCUT2D eigenvalue weighted by atomic mass is 9.93. The van der Waals surface area contributed by atoms with Crippen LogP contribution in [-0.2, 0) is 14.9 Å². The van der Waals surface area contributed by atoms with Crippen LogP contribution in [0.2, 0.25) is 0 Å². The average Bonchev–Trinajstić information content (AvgIpc) is 3.28. The van der Waals surface area contributed by atoms with Crippen molar-refractivity contribution in [1.82, 2.24) is 19.5 Å². The lowest BCUT2D eigenvalue weighted by Gasteiger charge is -2.35. The monoisotopic (exact) mass is 428 g/mol. The summed E-state index contributed by atoms with van der Waals surface area (Å²) in [7, 11) is 1.43. The van der Waals surface area contributed by atoms with Gasteiger partial charge in [0.05, 0.1) is 25.5 Å². The van der Waals surface area contributed by atoms with Crippen molar-refractivity contribution in [2.45, 2.75) is 26.2 Å². The number of fused-ring (bicyclic) bond motifs is 1. The van der Waals surface area contributed by atoms with Crippen molar-refractivity contribution in [2.75, 3.05) is 50.1 Å². The predicted octanol–water partition coefficient (Wildman–Crippen LogP) is 3.13. The van der Waals surface area contributed by atoms with Crippen LogP contribution in [0.3, 0.4) is 0 Å². The fourth-order valence-corrected chi connectivity index (χ4v) is 4.20. The van der Waals surface area contributed by atoms with Gasteiger partial charge in [-0.25, -0.2) is 9.50 Å². The summed E-state index contributed by atoms with van der Waals surface area (Å²) in [6, 6.07) is 8.38. The van der Waals surface area contributed by atoms with E-state index in [0.717, 1.165) is 47.7 Å². The second-order valence-corrected chi connectivity index (χ2v) is 9.48. The van der Waals surface area contributed by atoms with E-state index >= 15 is 0 Å². The summed E-state index contributed by atoms with van der Waals surface area (Å²) in [6.45, 7) is 10.3. The van der Waals surface area contributed by atoms with Crippen LogP contribution >= 0.6 is 11.3 Å². The van der Waals surface area contributed by atoms with Crippen molar-refractivity contribution in [2.24, 2.45) is 0 Å². The van der Waals surface area contributed by atoms with E-state index in [9.17, 15) is 4.79 Å². The molecule has 0 unspecified atom stereocenters. The predicted molar refractivity (Wildman–Crippen MR) is 120 cm³/mol. The van der Waals surface area contributed by atoms with Gasteiger partial charge < -0.3 is 15.0 Å². The van der Waals surface area contributed by atoms with Gasteiger partial charge in [-0.2, -0.15) is 0 Å². The van der Waals surface area contributed by atoms with E-state index in [2.05, 4.69) is 65.3 Å². The zero-order valence-corrected chi connectivity index (χ0v) is 18.7. The molecule has 0 aliphatic carbocycles. The highest BCUT2D eigenvalue weighted by Gasteiger charge is 2.20. The van der Waals surface area contributed by atoms with Gasteiger partial charge in [0, 0.05) is 43.0 Å². The second kappa shape index (κ2) is 8.23. The van der Waals surface area contributed by atoms with E-state index in [4.69, 9.17) is 9.72 Å².